The monoisotopic (exact) mass is 181 g/mol. The number of amides is 1. The quantitative estimate of drug-likeness (QED) is 0.638. The van der Waals surface area contributed by atoms with Crippen LogP contribution in [0.25, 0.3) is 0 Å². The highest BCUT2D eigenvalue weighted by atomic mass is 16.2. The van der Waals surface area contributed by atoms with Crippen LogP contribution in [0.3, 0.4) is 0 Å². The number of carbonyl (C=O) groups is 1. The van der Waals surface area contributed by atoms with Crippen molar-refractivity contribution >= 4 is 5.91 Å². The number of carbonyl (C=O) groups excluding carboxylic acids is 1. The maximum absolute atomic E-state index is 11.8. The molecule has 0 spiro atoms. The smallest absolute Gasteiger partial charge is 0.223 e. The van der Waals surface area contributed by atoms with Gasteiger partial charge in [-0.1, -0.05) is 13.8 Å². The van der Waals surface area contributed by atoms with Crippen molar-refractivity contribution in [3.8, 4) is 0 Å². The van der Waals surface area contributed by atoms with Crippen molar-refractivity contribution < 1.29 is 4.79 Å². The molecule has 0 aromatic rings. The molecule has 0 radical (unpaired) electrons. The van der Waals surface area contributed by atoms with E-state index >= 15 is 0 Å². The van der Waals surface area contributed by atoms with Gasteiger partial charge in [0, 0.05) is 19.0 Å². The number of fused-ring (bicyclic) bond motifs is 2. The van der Waals surface area contributed by atoms with Gasteiger partial charge in [0.25, 0.3) is 0 Å². The second-order valence-electron chi connectivity index (χ2n) is 4.98. The van der Waals surface area contributed by atoms with Crippen LogP contribution >= 0.6 is 0 Å². The highest BCUT2D eigenvalue weighted by Crippen LogP contribution is 2.37. The molecule has 2 unspecified atom stereocenters. The Morgan fingerprint density at radius 3 is 2.69 bits per heavy atom. The average Bonchev–Trinajstić information content (AvgIpc) is 2.62. The number of piperidine rings is 1. The Bertz CT molecular complexity index is 212. The van der Waals surface area contributed by atoms with Gasteiger partial charge in [-0.2, -0.15) is 0 Å². The lowest BCUT2D eigenvalue weighted by Crippen LogP contribution is -2.38. The second-order valence-corrected chi connectivity index (χ2v) is 4.98. The van der Waals surface area contributed by atoms with E-state index in [0.717, 1.165) is 18.9 Å². The van der Waals surface area contributed by atoms with Gasteiger partial charge in [0.05, 0.1) is 0 Å². The maximum Gasteiger partial charge on any atom is 0.223 e. The lowest BCUT2D eigenvalue weighted by atomic mass is 10.1. The molecule has 0 aromatic carbocycles. The topological polar surface area (TPSA) is 20.3 Å². The van der Waals surface area contributed by atoms with Crippen molar-refractivity contribution in [1.82, 2.24) is 4.90 Å². The van der Waals surface area contributed by atoms with Gasteiger partial charge in [0.1, 0.15) is 0 Å². The predicted molar refractivity (Wildman–Crippen MR) is 52.3 cm³/mol. The molecule has 2 rings (SSSR count). The Kier molecular flexibility index (Phi) is 2.31. The summed E-state index contributed by atoms with van der Waals surface area (Å²) in [6, 6.07) is 0.608. The molecule has 2 atom stereocenters. The maximum atomic E-state index is 11.8. The van der Waals surface area contributed by atoms with E-state index in [1.807, 2.05) is 0 Å². The summed E-state index contributed by atoms with van der Waals surface area (Å²) in [5.74, 6) is 1.73. The van der Waals surface area contributed by atoms with Crippen molar-refractivity contribution in [3.05, 3.63) is 0 Å². The molecule has 1 saturated heterocycles. The summed E-state index contributed by atoms with van der Waals surface area (Å²) < 4.78 is 0. The molecule has 2 aliphatic rings. The van der Waals surface area contributed by atoms with Crippen LogP contribution in [0.5, 0.6) is 0 Å². The van der Waals surface area contributed by atoms with Crippen LogP contribution in [-0.4, -0.2) is 23.4 Å². The van der Waals surface area contributed by atoms with Crippen LogP contribution in [0.1, 0.15) is 39.5 Å². The molecular formula is C11H19NO. The van der Waals surface area contributed by atoms with Crippen molar-refractivity contribution in [2.75, 3.05) is 6.54 Å². The van der Waals surface area contributed by atoms with E-state index in [0.29, 0.717) is 17.9 Å². The molecule has 13 heavy (non-hydrogen) atoms. The van der Waals surface area contributed by atoms with E-state index < -0.39 is 0 Å². The van der Waals surface area contributed by atoms with E-state index in [9.17, 15) is 4.79 Å². The molecule has 74 valence electrons. The molecule has 2 heteroatoms. The Morgan fingerprint density at radius 1 is 1.46 bits per heavy atom. The first-order valence-electron chi connectivity index (χ1n) is 5.46. The SMILES string of the molecule is CC(C)CC(=O)N1CC2CCC1C2. The summed E-state index contributed by atoms with van der Waals surface area (Å²) in [6.07, 6.45) is 4.64. The predicted octanol–water partition coefficient (Wildman–Crippen LogP) is 2.04. The number of hydrogen-bond donors (Lipinski definition) is 0. The fourth-order valence-electron chi connectivity index (χ4n) is 2.70. The first-order chi connectivity index (χ1) is 6.16. The summed E-state index contributed by atoms with van der Waals surface area (Å²) in [5, 5.41) is 0. The normalized spacial score (nSPS) is 31.8. The first-order valence-corrected chi connectivity index (χ1v) is 5.46. The molecule has 0 N–H and O–H groups in total. The van der Waals surface area contributed by atoms with E-state index in [2.05, 4.69) is 18.7 Å². The van der Waals surface area contributed by atoms with E-state index in [4.69, 9.17) is 0 Å². The zero-order chi connectivity index (χ0) is 9.42. The van der Waals surface area contributed by atoms with Crippen LogP contribution in [0.15, 0.2) is 0 Å². The van der Waals surface area contributed by atoms with E-state index in [1.165, 1.54) is 19.3 Å². The molecule has 0 aromatic heterocycles. The van der Waals surface area contributed by atoms with Crippen molar-refractivity contribution in [2.24, 2.45) is 11.8 Å². The van der Waals surface area contributed by atoms with Crippen LogP contribution in [0.4, 0.5) is 0 Å². The number of likely N-dealkylation sites (tertiary alicyclic amines) is 1. The highest BCUT2D eigenvalue weighted by Gasteiger charge is 2.39. The third-order valence-electron chi connectivity index (χ3n) is 3.31. The largest absolute Gasteiger partial charge is 0.339 e. The van der Waals surface area contributed by atoms with Gasteiger partial charge in [0.15, 0.2) is 0 Å². The summed E-state index contributed by atoms with van der Waals surface area (Å²) >= 11 is 0. The zero-order valence-corrected chi connectivity index (χ0v) is 8.62. The van der Waals surface area contributed by atoms with Gasteiger partial charge < -0.3 is 4.90 Å². The fourth-order valence-corrected chi connectivity index (χ4v) is 2.70. The summed E-state index contributed by atoms with van der Waals surface area (Å²) in [5.41, 5.74) is 0. The van der Waals surface area contributed by atoms with Crippen molar-refractivity contribution in [2.45, 2.75) is 45.6 Å². The van der Waals surface area contributed by atoms with Crippen LogP contribution in [0.2, 0.25) is 0 Å². The minimum atomic E-state index is 0.391. The summed E-state index contributed by atoms with van der Waals surface area (Å²) in [6.45, 7) is 5.29. The Balaban J connectivity index is 1.91. The first kappa shape index (κ1) is 9.04. The second kappa shape index (κ2) is 3.32. The summed E-state index contributed by atoms with van der Waals surface area (Å²) in [4.78, 5) is 13.9. The summed E-state index contributed by atoms with van der Waals surface area (Å²) in [7, 11) is 0. The molecule has 2 fully saturated rings. The minimum absolute atomic E-state index is 0.391. The Labute approximate surface area is 80.3 Å². The van der Waals surface area contributed by atoms with E-state index in [1.54, 1.807) is 0 Å². The molecule has 1 amide bonds. The minimum Gasteiger partial charge on any atom is -0.339 e. The third-order valence-corrected chi connectivity index (χ3v) is 3.31. The molecule has 2 nitrogen and oxygen atoms in total. The molecule has 1 heterocycles. The standard InChI is InChI=1S/C11H19NO/c1-8(2)5-11(13)12-7-9-3-4-10(12)6-9/h8-10H,3-7H2,1-2H3. The number of rotatable bonds is 2. The van der Waals surface area contributed by atoms with Gasteiger partial charge in [-0.05, 0) is 31.1 Å². The van der Waals surface area contributed by atoms with Crippen LogP contribution < -0.4 is 0 Å². The lowest BCUT2D eigenvalue weighted by Gasteiger charge is -2.27. The molecular weight excluding hydrogens is 162 g/mol. The van der Waals surface area contributed by atoms with Gasteiger partial charge in [-0.25, -0.2) is 0 Å². The van der Waals surface area contributed by atoms with Gasteiger partial charge >= 0.3 is 0 Å². The molecule has 2 bridgehead atoms. The molecule has 1 aliphatic heterocycles. The van der Waals surface area contributed by atoms with Crippen LogP contribution in [-0.2, 0) is 4.79 Å². The highest BCUT2D eigenvalue weighted by molar-refractivity contribution is 5.77. The third kappa shape index (κ3) is 1.72. The molecule has 1 aliphatic carbocycles. The number of hydrogen-bond acceptors (Lipinski definition) is 1. The Hall–Kier alpha value is -0.530. The zero-order valence-electron chi connectivity index (χ0n) is 8.62. The number of nitrogens with zero attached hydrogens (tertiary/aromatic N) is 1. The van der Waals surface area contributed by atoms with Gasteiger partial charge in [0.2, 0.25) is 5.91 Å². The van der Waals surface area contributed by atoms with Crippen molar-refractivity contribution in [3.63, 3.8) is 0 Å². The van der Waals surface area contributed by atoms with E-state index in [-0.39, 0.29) is 0 Å². The Morgan fingerprint density at radius 2 is 2.23 bits per heavy atom. The van der Waals surface area contributed by atoms with Gasteiger partial charge in [-0.15, -0.1) is 0 Å². The average molecular weight is 181 g/mol. The molecule has 1 saturated carbocycles. The lowest BCUT2D eigenvalue weighted by molar-refractivity contribution is -0.133. The van der Waals surface area contributed by atoms with Crippen LogP contribution in [0, 0.1) is 11.8 Å². The van der Waals surface area contributed by atoms with Crippen molar-refractivity contribution in [1.29, 1.82) is 0 Å². The van der Waals surface area contributed by atoms with Gasteiger partial charge in [-0.3, -0.25) is 4.79 Å². The fraction of sp³-hybridized carbons (Fsp3) is 0.909.